The lowest BCUT2D eigenvalue weighted by Gasteiger charge is -2.36. The molecule has 0 radical (unpaired) electrons. The Kier molecular flexibility index (Phi) is 7.97. The van der Waals surface area contributed by atoms with Crippen LogP contribution in [0.25, 0.3) is 0 Å². The van der Waals surface area contributed by atoms with Crippen molar-refractivity contribution >= 4 is 27.5 Å². The summed E-state index contributed by atoms with van der Waals surface area (Å²) in [6.45, 7) is 4.10. The third-order valence-corrected chi connectivity index (χ3v) is 7.31. The van der Waals surface area contributed by atoms with E-state index >= 15 is 0 Å². The average molecular weight is 485 g/mol. The van der Waals surface area contributed by atoms with Gasteiger partial charge >= 0.3 is 0 Å². The van der Waals surface area contributed by atoms with E-state index in [4.69, 9.17) is 4.74 Å². The molecule has 2 aromatic rings. The van der Waals surface area contributed by atoms with Gasteiger partial charge in [0.15, 0.2) is 0 Å². The number of benzene rings is 2. The molecule has 0 aromatic heterocycles. The van der Waals surface area contributed by atoms with Gasteiger partial charge in [-0.3, -0.25) is 19.4 Å². The van der Waals surface area contributed by atoms with Crippen LogP contribution >= 0.6 is 0 Å². The summed E-state index contributed by atoms with van der Waals surface area (Å²) in [5, 5.41) is 2.84. The number of amidine groups is 1. The molecule has 182 valence electrons. The molecule has 8 nitrogen and oxygen atoms in total. The number of nitrogens with zero attached hydrogens (tertiary/aromatic N) is 2. The molecular formula is C25H32N4O4S. The molecule has 9 heteroatoms. The highest BCUT2D eigenvalue weighted by Gasteiger charge is 2.27. The Morgan fingerprint density at radius 1 is 1.09 bits per heavy atom. The van der Waals surface area contributed by atoms with E-state index in [1.165, 1.54) is 12.1 Å². The van der Waals surface area contributed by atoms with Gasteiger partial charge < -0.3 is 10.1 Å². The molecule has 2 aliphatic heterocycles. The van der Waals surface area contributed by atoms with Gasteiger partial charge in [-0.15, -0.1) is 0 Å². The number of morpholine rings is 1. The van der Waals surface area contributed by atoms with E-state index in [0.717, 1.165) is 24.8 Å². The van der Waals surface area contributed by atoms with Crippen LogP contribution in [-0.4, -0.2) is 57.3 Å². The van der Waals surface area contributed by atoms with Gasteiger partial charge in [0.1, 0.15) is 5.84 Å². The van der Waals surface area contributed by atoms with Crippen molar-refractivity contribution in [3.8, 4) is 0 Å². The quantitative estimate of drug-likeness (QED) is 0.655. The first kappa shape index (κ1) is 24.4. The Balaban J connectivity index is 1.38. The van der Waals surface area contributed by atoms with Crippen molar-refractivity contribution in [2.75, 3.05) is 31.5 Å². The lowest BCUT2D eigenvalue weighted by atomic mass is 10.1. The zero-order valence-electron chi connectivity index (χ0n) is 19.4. The number of sulfonamides is 1. The Morgan fingerprint density at radius 3 is 2.74 bits per heavy atom. The van der Waals surface area contributed by atoms with Crippen LogP contribution in [0.15, 0.2) is 64.5 Å². The molecule has 34 heavy (non-hydrogen) atoms. The number of anilines is 1. The average Bonchev–Trinajstić information content (AvgIpc) is 3.07. The zero-order chi connectivity index (χ0) is 24.0. The van der Waals surface area contributed by atoms with Crippen molar-refractivity contribution in [1.82, 2.24) is 9.62 Å². The highest BCUT2D eigenvalue weighted by molar-refractivity contribution is 7.90. The van der Waals surface area contributed by atoms with E-state index < -0.39 is 10.0 Å². The summed E-state index contributed by atoms with van der Waals surface area (Å²) >= 11 is 0. The number of amides is 1. The molecule has 2 aromatic carbocycles. The molecule has 2 aliphatic rings. The highest BCUT2D eigenvalue weighted by Crippen LogP contribution is 2.25. The fraction of sp³-hybridized carbons (Fsp3) is 0.440. The smallest absolute Gasteiger partial charge is 0.262 e. The van der Waals surface area contributed by atoms with Crippen LogP contribution in [0.2, 0.25) is 0 Å². The summed E-state index contributed by atoms with van der Waals surface area (Å²) in [4.78, 5) is 19.3. The summed E-state index contributed by atoms with van der Waals surface area (Å²) in [5.41, 5.74) is 1.53. The minimum Gasteiger partial charge on any atom is -0.368 e. The van der Waals surface area contributed by atoms with Gasteiger partial charge in [-0.25, -0.2) is 8.42 Å². The first-order valence-electron chi connectivity index (χ1n) is 11.8. The number of hydrogen-bond donors (Lipinski definition) is 2. The maximum Gasteiger partial charge on any atom is 0.262 e. The molecule has 1 saturated heterocycles. The summed E-state index contributed by atoms with van der Waals surface area (Å²) in [5.74, 6) is 0.304. The molecule has 1 amide bonds. The molecule has 2 N–H and O–H groups in total. The first-order valence-corrected chi connectivity index (χ1v) is 13.3. The molecule has 0 aliphatic carbocycles. The van der Waals surface area contributed by atoms with Gasteiger partial charge in [0.2, 0.25) is 5.91 Å². The molecule has 1 fully saturated rings. The van der Waals surface area contributed by atoms with E-state index in [1.807, 2.05) is 37.3 Å². The van der Waals surface area contributed by atoms with Crippen molar-refractivity contribution in [3.63, 3.8) is 0 Å². The van der Waals surface area contributed by atoms with Crippen molar-refractivity contribution < 1.29 is 17.9 Å². The number of carbonyl (C=O) groups is 1. The first-order chi connectivity index (χ1) is 16.4. The normalized spacial score (nSPS) is 21.9. The fourth-order valence-corrected chi connectivity index (χ4v) is 5.47. The van der Waals surface area contributed by atoms with Crippen LogP contribution in [0, 0.1) is 0 Å². The van der Waals surface area contributed by atoms with E-state index in [2.05, 4.69) is 19.9 Å². The summed E-state index contributed by atoms with van der Waals surface area (Å²) in [6.07, 6.45) is 3.47. The Morgan fingerprint density at radius 2 is 1.91 bits per heavy atom. The molecule has 0 bridgehead atoms. The van der Waals surface area contributed by atoms with Gasteiger partial charge in [-0.2, -0.15) is 0 Å². The standard InChI is InChI=1S/C25H32N4O4S/c1-19-16-29(17-23(33-19)20-9-4-2-5-10-20)18-25(30)27-21-11-8-12-22(15-21)34(31,32)28-24-13-6-3-7-14-26-24/h2,4-5,8-12,15,19,23H,3,6-7,13-14,16-18H2,1H3,(H,26,28)(H,27,30). The van der Waals surface area contributed by atoms with Gasteiger partial charge in [0.25, 0.3) is 10.0 Å². The summed E-state index contributed by atoms with van der Waals surface area (Å²) in [6, 6.07) is 16.3. The van der Waals surface area contributed by atoms with Gasteiger partial charge in [-0.05, 0) is 43.5 Å². The van der Waals surface area contributed by atoms with Crippen LogP contribution in [0.3, 0.4) is 0 Å². The number of ether oxygens (including phenoxy) is 1. The van der Waals surface area contributed by atoms with E-state index in [0.29, 0.717) is 37.6 Å². The lowest BCUT2D eigenvalue weighted by Crippen LogP contribution is -2.46. The van der Waals surface area contributed by atoms with Gasteiger partial charge in [-0.1, -0.05) is 42.8 Å². The second-order valence-electron chi connectivity index (χ2n) is 8.86. The van der Waals surface area contributed by atoms with Crippen LogP contribution in [0.5, 0.6) is 0 Å². The summed E-state index contributed by atoms with van der Waals surface area (Å²) < 4.78 is 34.4. The molecule has 0 spiro atoms. The van der Waals surface area contributed by atoms with Crippen molar-refractivity contribution in [2.45, 2.75) is 49.7 Å². The van der Waals surface area contributed by atoms with Gasteiger partial charge in [0.05, 0.1) is 23.6 Å². The Hall–Kier alpha value is -2.75. The maximum atomic E-state index is 12.8. The molecule has 4 rings (SSSR count). The second-order valence-corrected chi connectivity index (χ2v) is 10.5. The summed E-state index contributed by atoms with van der Waals surface area (Å²) in [7, 11) is -3.77. The number of hydrogen-bond acceptors (Lipinski definition) is 6. The maximum absolute atomic E-state index is 12.8. The predicted molar refractivity (Wildman–Crippen MR) is 132 cm³/mol. The van der Waals surface area contributed by atoms with Gasteiger partial charge in [0, 0.05) is 31.7 Å². The highest BCUT2D eigenvalue weighted by atomic mass is 32.2. The predicted octanol–water partition coefficient (Wildman–Crippen LogP) is 3.34. The molecule has 2 heterocycles. The van der Waals surface area contributed by atoms with E-state index in [9.17, 15) is 13.2 Å². The lowest BCUT2D eigenvalue weighted by molar-refractivity contribution is -0.122. The SMILES string of the molecule is CC1CN(CC(=O)Nc2cccc(S(=O)(=O)NC3=NCCCCC3)c2)CC(c2ccccc2)O1. The topological polar surface area (TPSA) is 100 Å². The third kappa shape index (κ3) is 6.65. The van der Waals surface area contributed by atoms with Crippen molar-refractivity contribution in [1.29, 1.82) is 0 Å². The monoisotopic (exact) mass is 484 g/mol. The Labute approximate surface area is 201 Å². The minimum absolute atomic E-state index is 0.00166. The van der Waals surface area contributed by atoms with Crippen LogP contribution < -0.4 is 10.0 Å². The van der Waals surface area contributed by atoms with E-state index in [1.54, 1.807) is 12.1 Å². The molecule has 2 unspecified atom stereocenters. The number of aliphatic imine (C=N–C) groups is 1. The van der Waals surface area contributed by atoms with Crippen molar-refractivity contribution in [2.24, 2.45) is 4.99 Å². The van der Waals surface area contributed by atoms with Crippen LogP contribution in [-0.2, 0) is 19.6 Å². The largest absolute Gasteiger partial charge is 0.368 e. The second kappa shape index (κ2) is 11.1. The number of rotatable bonds is 6. The molecule has 2 atom stereocenters. The minimum atomic E-state index is -3.77. The third-order valence-electron chi connectivity index (χ3n) is 5.93. The van der Waals surface area contributed by atoms with Crippen LogP contribution in [0.4, 0.5) is 5.69 Å². The van der Waals surface area contributed by atoms with Crippen molar-refractivity contribution in [3.05, 3.63) is 60.2 Å². The van der Waals surface area contributed by atoms with E-state index in [-0.39, 0.29) is 29.6 Å². The number of nitrogens with one attached hydrogen (secondary N) is 2. The number of carbonyl (C=O) groups excluding carboxylic acids is 1. The molecule has 0 saturated carbocycles. The molecular weight excluding hydrogens is 452 g/mol. The fourth-order valence-electron chi connectivity index (χ4n) is 4.34. The zero-order valence-corrected chi connectivity index (χ0v) is 20.3. The Bertz CT molecular complexity index is 1120. The van der Waals surface area contributed by atoms with Crippen LogP contribution in [0.1, 0.15) is 44.3 Å².